The molecule has 1 aromatic carbocycles. The van der Waals surface area contributed by atoms with Gasteiger partial charge in [0.15, 0.2) is 12.1 Å². The number of benzene rings is 1. The molecular weight excluding hydrogens is 491 g/mol. The van der Waals surface area contributed by atoms with Crippen molar-refractivity contribution in [1.29, 1.82) is 0 Å². The van der Waals surface area contributed by atoms with Crippen molar-refractivity contribution in [2.75, 3.05) is 0 Å². The van der Waals surface area contributed by atoms with Gasteiger partial charge in [0, 0.05) is 29.0 Å². The third-order valence-electron chi connectivity index (χ3n) is 5.74. The van der Waals surface area contributed by atoms with E-state index in [4.69, 9.17) is 27.7 Å². The number of halogens is 2. The molecule has 2 atom stereocenters. The number of hydrogen-bond donors (Lipinski definition) is 3. The summed E-state index contributed by atoms with van der Waals surface area (Å²) in [5.41, 5.74) is 2.43. The van der Waals surface area contributed by atoms with Crippen LogP contribution in [0, 0.1) is 0 Å². The summed E-state index contributed by atoms with van der Waals surface area (Å²) in [4.78, 5) is 26.2. The molecule has 3 N–H and O–H groups in total. The summed E-state index contributed by atoms with van der Waals surface area (Å²) in [6.45, 7) is 1.90. The zero-order valence-corrected chi connectivity index (χ0v) is 20.0. The molecule has 4 aromatic rings. The van der Waals surface area contributed by atoms with Crippen LogP contribution in [0.5, 0.6) is 0 Å². The second-order valence-corrected chi connectivity index (χ2v) is 8.84. The number of allylic oxidation sites excluding steroid dienone is 2. The molecular formula is C24H20Cl2N6O3. The van der Waals surface area contributed by atoms with Gasteiger partial charge in [0.05, 0.1) is 28.8 Å². The molecule has 35 heavy (non-hydrogen) atoms. The van der Waals surface area contributed by atoms with Crippen LogP contribution in [0.4, 0.5) is 0 Å². The highest BCUT2D eigenvalue weighted by Gasteiger charge is 2.30. The quantitative estimate of drug-likeness (QED) is 0.353. The molecule has 1 aliphatic rings. The summed E-state index contributed by atoms with van der Waals surface area (Å²) >= 11 is 12.3. The molecule has 1 aliphatic heterocycles. The fourth-order valence-electron chi connectivity index (χ4n) is 3.88. The first kappa shape index (κ1) is 23.1. The first-order valence-corrected chi connectivity index (χ1v) is 11.5. The zero-order chi connectivity index (χ0) is 24.5. The number of aromatic amines is 1. The fraction of sp³-hybridized carbons (Fsp3) is 0.167. The Kier molecular flexibility index (Phi) is 6.29. The van der Waals surface area contributed by atoms with Gasteiger partial charge in [-0.1, -0.05) is 40.5 Å². The fourth-order valence-corrected chi connectivity index (χ4v) is 4.24. The topological polar surface area (TPSA) is 120 Å². The number of fused-ring (bicyclic) bond motifs is 1. The van der Waals surface area contributed by atoms with E-state index in [0.717, 1.165) is 10.9 Å². The van der Waals surface area contributed by atoms with Crippen molar-refractivity contribution in [3.05, 3.63) is 88.1 Å². The predicted octanol–water partition coefficient (Wildman–Crippen LogP) is 4.28. The summed E-state index contributed by atoms with van der Waals surface area (Å²) in [7, 11) is 0. The molecule has 5 rings (SSSR count). The lowest BCUT2D eigenvalue weighted by Gasteiger charge is -2.36. The van der Waals surface area contributed by atoms with Crippen LogP contribution in [0.3, 0.4) is 0 Å². The van der Waals surface area contributed by atoms with Crippen LogP contribution in [0.25, 0.3) is 22.5 Å². The second-order valence-electron chi connectivity index (χ2n) is 7.96. The van der Waals surface area contributed by atoms with Gasteiger partial charge in [-0.2, -0.15) is 4.98 Å². The number of nitrogens with one attached hydrogen (secondary N) is 2. The number of rotatable bonds is 6. The smallest absolute Gasteiger partial charge is 0.260 e. The molecule has 1 amide bonds. The number of H-pyrrole nitrogens is 1. The van der Waals surface area contributed by atoms with E-state index >= 15 is 0 Å². The molecule has 4 heterocycles. The molecule has 1 unspecified atom stereocenters. The average Bonchev–Trinajstić information content (AvgIpc) is 3.50. The van der Waals surface area contributed by atoms with E-state index in [1.165, 1.54) is 6.08 Å². The standard InChI is InChI=1S/C24H20Cl2N6O3/c1-13(14-4-6-15(25)7-5-14)32-12-16(26)9-18(24(32)34)22(33)29-11-20-30-23(35-31-20)19-10-28-21-17(19)3-2-8-27-21/h2-10,12-13,24,34H,11H2,1H3,(H,27,28)(H,29,33)/t13-,24?/m0/s1. The Morgan fingerprint density at radius 2 is 2.09 bits per heavy atom. The molecule has 0 aliphatic carbocycles. The molecule has 0 fully saturated rings. The van der Waals surface area contributed by atoms with Gasteiger partial charge < -0.3 is 24.8 Å². The highest BCUT2D eigenvalue weighted by Crippen LogP contribution is 2.31. The van der Waals surface area contributed by atoms with Gasteiger partial charge in [0.25, 0.3) is 11.8 Å². The van der Waals surface area contributed by atoms with Crippen LogP contribution in [0.1, 0.15) is 24.4 Å². The number of aliphatic hydroxyl groups excluding tert-OH is 1. The van der Waals surface area contributed by atoms with E-state index < -0.39 is 12.1 Å². The van der Waals surface area contributed by atoms with Crippen LogP contribution >= 0.6 is 23.2 Å². The Hall–Kier alpha value is -3.66. The molecule has 11 heteroatoms. The van der Waals surface area contributed by atoms with Crippen molar-refractivity contribution in [2.45, 2.75) is 25.7 Å². The van der Waals surface area contributed by atoms with Crippen molar-refractivity contribution in [1.82, 2.24) is 30.3 Å². The highest BCUT2D eigenvalue weighted by atomic mass is 35.5. The van der Waals surface area contributed by atoms with Crippen LogP contribution < -0.4 is 5.32 Å². The molecule has 0 spiro atoms. The molecule has 0 radical (unpaired) electrons. The minimum atomic E-state index is -1.21. The zero-order valence-electron chi connectivity index (χ0n) is 18.4. The summed E-state index contributed by atoms with van der Waals surface area (Å²) in [6, 6.07) is 10.7. The number of carbonyl (C=O) groups is 1. The summed E-state index contributed by atoms with van der Waals surface area (Å²) < 4.78 is 5.37. The van der Waals surface area contributed by atoms with Gasteiger partial charge in [-0.3, -0.25) is 4.79 Å². The molecule has 3 aromatic heterocycles. The van der Waals surface area contributed by atoms with E-state index in [9.17, 15) is 9.90 Å². The normalized spacial score (nSPS) is 16.7. The maximum atomic E-state index is 12.9. The molecule has 0 saturated carbocycles. The van der Waals surface area contributed by atoms with Crippen LogP contribution in [0.15, 0.2) is 76.2 Å². The van der Waals surface area contributed by atoms with Crippen LogP contribution in [0.2, 0.25) is 5.02 Å². The lowest BCUT2D eigenvalue weighted by molar-refractivity contribution is -0.120. The Morgan fingerprint density at radius 1 is 1.29 bits per heavy atom. The molecule has 0 bridgehead atoms. The number of nitrogens with zero attached hydrogens (tertiary/aromatic N) is 4. The van der Waals surface area contributed by atoms with Crippen molar-refractivity contribution in [2.24, 2.45) is 0 Å². The lowest BCUT2D eigenvalue weighted by atomic mass is 10.0. The summed E-state index contributed by atoms with van der Waals surface area (Å²) in [5, 5.41) is 19.4. The SMILES string of the molecule is C[C@@H](c1ccc(Cl)cc1)N1C=C(Cl)C=C(C(=O)NCc2noc(-c3c[nH]c4ncccc34)n2)C1O. The van der Waals surface area contributed by atoms with Gasteiger partial charge in [0.2, 0.25) is 0 Å². The van der Waals surface area contributed by atoms with E-state index in [0.29, 0.717) is 27.2 Å². The van der Waals surface area contributed by atoms with E-state index in [-0.39, 0.29) is 24.0 Å². The van der Waals surface area contributed by atoms with Gasteiger partial charge in [0.1, 0.15) is 5.65 Å². The van der Waals surface area contributed by atoms with Crippen molar-refractivity contribution in [3.63, 3.8) is 0 Å². The maximum Gasteiger partial charge on any atom is 0.260 e. The molecule has 178 valence electrons. The van der Waals surface area contributed by atoms with E-state index in [1.54, 1.807) is 35.6 Å². The van der Waals surface area contributed by atoms with Gasteiger partial charge >= 0.3 is 0 Å². The third-order valence-corrected chi connectivity index (χ3v) is 6.20. The molecule has 9 nitrogen and oxygen atoms in total. The Morgan fingerprint density at radius 3 is 2.89 bits per heavy atom. The van der Waals surface area contributed by atoms with E-state index in [2.05, 4.69) is 25.4 Å². The van der Waals surface area contributed by atoms with Gasteiger partial charge in [-0.25, -0.2) is 4.98 Å². The minimum Gasteiger partial charge on any atom is -0.369 e. The number of amides is 1. The second kappa shape index (κ2) is 9.53. The number of aliphatic hydroxyl groups is 1. The Balaban J connectivity index is 1.27. The number of hydrogen-bond acceptors (Lipinski definition) is 7. The minimum absolute atomic E-state index is 0.00106. The maximum absolute atomic E-state index is 12.9. The average molecular weight is 511 g/mol. The summed E-state index contributed by atoms with van der Waals surface area (Å²) in [5.74, 6) is 0.0876. The van der Waals surface area contributed by atoms with Crippen molar-refractivity contribution >= 4 is 40.1 Å². The first-order chi connectivity index (χ1) is 16.9. The first-order valence-electron chi connectivity index (χ1n) is 10.7. The highest BCUT2D eigenvalue weighted by molar-refractivity contribution is 6.31. The van der Waals surface area contributed by atoms with Crippen molar-refractivity contribution in [3.8, 4) is 11.5 Å². The largest absolute Gasteiger partial charge is 0.369 e. The van der Waals surface area contributed by atoms with Crippen molar-refractivity contribution < 1.29 is 14.4 Å². The summed E-state index contributed by atoms with van der Waals surface area (Å²) in [6.07, 6.45) is 5.26. The van der Waals surface area contributed by atoms with E-state index in [1.807, 2.05) is 31.2 Å². The Labute approximate surface area is 210 Å². The number of aromatic nitrogens is 4. The Bertz CT molecular complexity index is 1440. The third kappa shape index (κ3) is 4.66. The predicted molar refractivity (Wildman–Crippen MR) is 131 cm³/mol. The monoisotopic (exact) mass is 510 g/mol. The lowest BCUT2D eigenvalue weighted by Crippen LogP contribution is -2.41. The van der Waals surface area contributed by atoms with Gasteiger partial charge in [-0.05, 0) is 42.8 Å². The number of pyridine rings is 1. The van der Waals surface area contributed by atoms with Crippen LogP contribution in [-0.4, -0.2) is 42.3 Å². The van der Waals surface area contributed by atoms with Crippen LogP contribution in [-0.2, 0) is 11.3 Å². The van der Waals surface area contributed by atoms with Gasteiger partial charge in [-0.15, -0.1) is 0 Å². The number of carbonyl (C=O) groups excluding carboxylic acids is 1. The molecule has 0 saturated heterocycles.